The molecule has 2 aromatic rings. The van der Waals surface area contributed by atoms with Gasteiger partial charge in [-0.2, -0.15) is 0 Å². The number of hydrazine groups is 1. The Morgan fingerprint density at radius 3 is 2.94 bits per heavy atom. The van der Waals surface area contributed by atoms with Crippen molar-refractivity contribution in [3.8, 4) is 0 Å². The van der Waals surface area contributed by atoms with Gasteiger partial charge in [0.2, 0.25) is 0 Å². The number of amides is 2. The second-order valence-electron chi connectivity index (χ2n) is 3.86. The van der Waals surface area contributed by atoms with E-state index in [1.807, 2.05) is 37.5 Å². The zero-order chi connectivity index (χ0) is 11.1. The van der Waals surface area contributed by atoms with Crippen LogP contribution in [0.3, 0.4) is 0 Å². The number of nitrogens with zero attached hydrogens (tertiary/aromatic N) is 2. The van der Waals surface area contributed by atoms with Crippen LogP contribution in [0.5, 0.6) is 0 Å². The molecule has 0 saturated carbocycles. The van der Waals surface area contributed by atoms with Crippen molar-refractivity contribution in [1.29, 1.82) is 0 Å². The van der Waals surface area contributed by atoms with Crippen LogP contribution in [0.1, 0.15) is 0 Å². The van der Waals surface area contributed by atoms with Crippen molar-refractivity contribution in [2.45, 2.75) is 0 Å². The summed E-state index contributed by atoms with van der Waals surface area (Å²) in [5.74, 6) is 0. The van der Waals surface area contributed by atoms with Crippen molar-refractivity contribution in [3.63, 3.8) is 0 Å². The lowest BCUT2D eigenvalue weighted by Gasteiger charge is -2.13. The van der Waals surface area contributed by atoms with Crippen LogP contribution in [0.15, 0.2) is 30.5 Å². The maximum Gasteiger partial charge on any atom is 0.337 e. The molecule has 2 amide bonds. The Labute approximate surface area is 92.6 Å². The number of hydrogen-bond donors (Lipinski definition) is 2. The zero-order valence-electron chi connectivity index (χ0n) is 8.90. The van der Waals surface area contributed by atoms with Gasteiger partial charge in [-0.15, -0.1) is 0 Å². The van der Waals surface area contributed by atoms with E-state index in [1.54, 1.807) is 4.90 Å². The predicted octanol–water partition coefficient (Wildman–Crippen LogP) is 1.17. The Morgan fingerprint density at radius 2 is 2.19 bits per heavy atom. The zero-order valence-corrected chi connectivity index (χ0v) is 8.90. The monoisotopic (exact) mass is 216 g/mol. The van der Waals surface area contributed by atoms with Crippen LogP contribution in [0.2, 0.25) is 0 Å². The first-order valence-corrected chi connectivity index (χ1v) is 5.11. The van der Waals surface area contributed by atoms with E-state index in [2.05, 4.69) is 15.4 Å². The van der Waals surface area contributed by atoms with E-state index in [1.165, 1.54) is 0 Å². The molecule has 82 valence electrons. The maximum absolute atomic E-state index is 11.5. The van der Waals surface area contributed by atoms with Crippen LogP contribution >= 0.6 is 0 Å². The number of anilines is 1. The van der Waals surface area contributed by atoms with Crippen molar-refractivity contribution in [1.82, 2.24) is 15.4 Å². The van der Waals surface area contributed by atoms with Gasteiger partial charge in [-0.3, -0.25) is 10.3 Å². The highest BCUT2D eigenvalue weighted by Crippen LogP contribution is 2.23. The van der Waals surface area contributed by atoms with Gasteiger partial charge in [0.05, 0.1) is 6.67 Å². The molecule has 1 saturated heterocycles. The quantitative estimate of drug-likeness (QED) is 0.751. The van der Waals surface area contributed by atoms with Crippen molar-refractivity contribution in [2.75, 3.05) is 11.6 Å². The van der Waals surface area contributed by atoms with E-state index in [9.17, 15) is 4.79 Å². The predicted molar refractivity (Wildman–Crippen MR) is 61.9 cm³/mol. The smallest absolute Gasteiger partial charge is 0.337 e. The summed E-state index contributed by atoms with van der Waals surface area (Å²) in [6, 6.07) is 7.92. The topological polar surface area (TPSA) is 49.3 Å². The third-order valence-electron chi connectivity index (χ3n) is 2.86. The number of aromatic nitrogens is 1. The summed E-state index contributed by atoms with van der Waals surface area (Å²) in [5, 5.41) is 1.14. The molecule has 1 aromatic heterocycles. The SMILES string of the molecule is Cn1ccc2cc(N3CNNC3=O)ccc21. The summed E-state index contributed by atoms with van der Waals surface area (Å²) in [6.45, 7) is 0.497. The Morgan fingerprint density at radius 1 is 1.31 bits per heavy atom. The minimum Gasteiger partial charge on any atom is -0.351 e. The number of hydrogen-bond acceptors (Lipinski definition) is 2. The molecule has 1 fully saturated rings. The van der Waals surface area contributed by atoms with Crippen LogP contribution in [-0.2, 0) is 7.05 Å². The van der Waals surface area contributed by atoms with Gasteiger partial charge in [0.15, 0.2) is 0 Å². The molecule has 3 rings (SSSR count). The first kappa shape index (κ1) is 9.23. The lowest BCUT2D eigenvalue weighted by molar-refractivity contribution is 0.250. The number of nitrogens with one attached hydrogen (secondary N) is 2. The number of rotatable bonds is 1. The fraction of sp³-hybridized carbons (Fsp3) is 0.182. The van der Waals surface area contributed by atoms with Gasteiger partial charge in [0, 0.05) is 29.8 Å². The Kier molecular flexibility index (Phi) is 1.87. The summed E-state index contributed by atoms with van der Waals surface area (Å²) < 4.78 is 2.06. The summed E-state index contributed by atoms with van der Waals surface area (Å²) in [4.78, 5) is 13.1. The minimum atomic E-state index is -0.115. The van der Waals surface area contributed by atoms with E-state index in [0.29, 0.717) is 6.67 Å². The molecule has 0 aliphatic carbocycles. The number of carbonyl (C=O) groups is 1. The summed E-state index contributed by atoms with van der Waals surface area (Å²) >= 11 is 0. The average Bonchev–Trinajstić information content (AvgIpc) is 2.86. The fourth-order valence-corrected chi connectivity index (χ4v) is 1.98. The fourth-order valence-electron chi connectivity index (χ4n) is 1.98. The number of fused-ring (bicyclic) bond motifs is 1. The first-order chi connectivity index (χ1) is 7.75. The van der Waals surface area contributed by atoms with Gasteiger partial charge in [0.25, 0.3) is 0 Å². The average molecular weight is 216 g/mol. The molecular weight excluding hydrogens is 204 g/mol. The molecule has 5 heteroatoms. The van der Waals surface area contributed by atoms with Gasteiger partial charge >= 0.3 is 6.03 Å². The third-order valence-corrected chi connectivity index (χ3v) is 2.86. The van der Waals surface area contributed by atoms with Crippen LogP contribution in [0.25, 0.3) is 10.9 Å². The van der Waals surface area contributed by atoms with Crippen LogP contribution in [0.4, 0.5) is 10.5 Å². The standard InChI is InChI=1S/C11H12N4O/c1-14-5-4-8-6-9(2-3-10(8)14)15-7-12-13-11(15)16/h2-6,12H,7H2,1H3,(H,13,16). The summed E-state index contributed by atoms with van der Waals surface area (Å²) in [7, 11) is 2.01. The van der Waals surface area contributed by atoms with Gasteiger partial charge in [0.1, 0.15) is 0 Å². The lowest BCUT2D eigenvalue weighted by atomic mass is 10.2. The second kappa shape index (κ2) is 3.24. The number of aryl methyl sites for hydroxylation is 1. The van der Waals surface area contributed by atoms with E-state index in [0.717, 1.165) is 16.6 Å². The van der Waals surface area contributed by atoms with Crippen molar-refractivity contribution < 1.29 is 4.79 Å². The summed E-state index contributed by atoms with van der Waals surface area (Å²) in [6.07, 6.45) is 2.01. The van der Waals surface area contributed by atoms with E-state index in [-0.39, 0.29) is 6.03 Å². The molecule has 1 aliphatic rings. The second-order valence-corrected chi connectivity index (χ2v) is 3.86. The molecular formula is C11H12N4O. The molecule has 2 heterocycles. The maximum atomic E-state index is 11.5. The Bertz CT molecular complexity index is 560. The highest BCUT2D eigenvalue weighted by atomic mass is 16.2. The molecule has 5 nitrogen and oxygen atoms in total. The number of carbonyl (C=O) groups excluding carboxylic acids is 1. The van der Waals surface area contributed by atoms with E-state index in [4.69, 9.17) is 0 Å². The van der Waals surface area contributed by atoms with Crippen LogP contribution < -0.4 is 15.8 Å². The molecule has 0 radical (unpaired) electrons. The molecule has 0 atom stereocenters. The minimum absolute atomic E-state index is 0.115. The van der Waals surface area contributed by atoms with E-state index >= 15 is 0 Å². The lowest BCUT2D eigenvalue weighted by Crippen LogP contribution is -2.28. The first-order valence-electron chi connectivity index (χ1n) is 5.11. The van der Waals surface area contributed by atoms with Crippen molar-refractivity contribution in [3.05, 3.63) is 30.5 Å². The molecule has 0 unspecified atom stereocenters. The molecule has 16 heavy (non-hydrogen) atoms. The number of benzene rings is 1. The molecule has 0 bridgehead atoms. The van der Waals surface area contributed by atoms with Gasteiger partial charge < -0.3 is 4.57 Å². The molecule has 1 aliphatic heterocycles. The highest BCUT2D eigenvalue weighted by molar-refractivity contribution is 5.96. The third kappa shape index (κ3) is 1.25. The number of urea groups is 1. The Hall–Kier alpha value is -2.01. The molecule has 1 aromatic carbocycles. The van der Waals surface area contributed by atoms with Crippen LogP contribution in [-0.4, -0.2) is 17.3 Å². The van der Waals surface area contributed by atoms with Crippen LogP contribution in [0, 0.1) is 0 Å². The Balaban J connectivity index is 2.08. The van der Waals surface area contributed by atoms with Gasteiger partial charge in [-0.1, -0.05) is 0 Å². The van der Waals surface area contributed by atoms with Gasteiger partial charge in [-0.25, -0.2) is 10.2 Å². The van der Waals surface area contributed by atoms with E-state index < -0.39 is 0 Å². The summed E-state index contributed by atoms with van der Waals surface area (Å²) in [5.41, 5.74) is 7.42. The molecule has 0 spiro atoms. The largest absolute Gasteiger partial charge is 0.351 e. The highest BCUT2D eigenvalue weighted by Gasteiger charge is 2.20. The van der Waals surface area contributed by atoms with Crippen molar-refractivity contribution >= 4 is 22.6 Å². The van der Waals surface area contributed by atoms with Gasteiger partial charge in [-0.05, 0) is 24.3 Å². The van der Waals surface area contributed by atoms with Crippen molar-refractivity contribution in [2.24, 2.45) is 7.05 Å². The molecule has 2 N–H and O–H groups in total. The normalized spacial score (nSPS) is 15.8.